The predicted molar refractivity (Wildman–Crippen MR) is 102 cm³/mol. The molecule has 0 amide bonds. The summed E-state index contributed by atoms with van der Waals surface area (Å²) in [6.45, 7) is 0. The van der Waals surface area contributed by atoms with Gasteiger partial charge in [-0.3, -0.25) is 0 Å². The minimum atomic E-state index is 0.361. The maximum Gasteiger partial charge on any atom is 0.231 e. The van der Waals surface area contributed by atoms with E-state index in [1.54, 1.807) is 18.2 Å². The number of halogens is 2. The summed E-state index contributed by atoms with van der Waals surface area (Å²) in [5, 5.41) is 5.01. The van der Waals surface area contributed by atoms with Gasteiger partial charge < -0.3 is 9.26 Å². The van der Waals surface area contributed by atoms with Crippen molar-refractivity contribution in [3.8, 4) is 17.1 Å². The van der Waals surface area contributed by atoms with Gasteiger partial charge in [0, 0.05) is 0 Å². The molecule has 1 saturated carbocycles. The zero-order valence-electron chi connectivity index (χ0n) is 14.1. The molecule has 4 rings (SSSR count). The van der Waals surface area contributed by atoms with Crippen LogP contribution in [-0.2, 0) is 6.42 Å². The zero-order chi connectivity index (χ0) is 17.9. The number of hydrogen-bond donors (Lipinski definition) is 0. The molecule has 0 radical (unpaired) electrons. The van der Waals surface area contributed by atoms with Gasteiger partial charge in [-0.25, -0.2) is 0 Å². The van der Waals surface area contributed by atoms with E-state index in [9.17, 15) is 0 Å². The van der Waals surface area contributed by atoms with Gasteiger partial charge in [-0.05, 0) is 55.5 Å². The Morgan fingerprint density at radius 3 is 2.38 bits per heavy atom. The second kappa shape index (κ2) is 7.68. The Balaban J connectivity index is 1.45. The van der Waals surface area contributed by atoms with Crippen LogP contribution in [0, 0.1) is 0 Å². The van der Waals surface area contributed by atoms with Crippen molar-refractivity contribution in [2.45, 2.75) is 38.2 Å². The smallest absolute Gasteiger partial charge is 0.231 e. The van der Waals surface area contributed by atoms with Crippen molar-refractivity contribution < 1.29 is 9.26 Å². The summed E-state index contributed by atoms with van der Waals surface area (Å²) in [5.74, 6) is 1.83. The molecule has 4 nitrogen and oxygen atoms in total. The fraction of sp³-hybridized carbons (Fsp3) is 0.300. The van der Waals surface area contributed by atoms with Crippen molar-refractivity contribution in [3.05, 3.63) is 64.0 Å². The molecule has 0 atom stereocenters. The summed E-state index contributed by atoms with van der Waals surface area (Å²) in [7, 11) is 0. The minimum absolute atomic E-state index is 0.361. The molecule has 0 saturated heterocycles. The molecule has 3 aromatic rings. The lowest BCUT2D eigenvalue weighted by atomic mass is 10.1. The first-order valence-electron chi connectivity index (χ1n) is 8.71. The average molecular weight is 389 g/mol. The molecule has 0 spiro atoms. The molecule has 0 aliphatic heterocycles. The van der Waals surface area contributed by atoms with Crippen LogP contribution in [0.2, 0.25) is 10.0 Å². The van der Waals surface area contributed by atoms with Crippen LogP contribution in [0.4, 0.5) is 0 Å². The van der Waals surface area contributed by atoms with Gasteiger partial charge in [0.1, 0.15) is 5.75 Å². The fourth-order valence-electron chi connectivity index (χ4n) is 3.20. The van der Waals surface area contributed by atoms with Crippen LogP contribution in [0.15, 0.2) is 47.0 Å². The van der Waals surface area contributed by atoms with Gasteiger partial charge >= 0.3 is 0 Å². The van der Waals surface area contributed by atoms with E-state index in [2.05, 4.69) is 10.1 Å². The van der Waals surface area contributed by atoms with Gasteiger partial charge in [0.05, 0.1) is 28.1 Å². The van der Waals surface area contributed by atoms with Crippen LogP contribution in [0.25, 0.3) is 11.4 Å². The highest BCUT2D eigenvalue weighted by atomic mass is 35.5. The van der Waals surface area contributed by atoms with E-state index in [1.165, 1.54) is 12.8 Å². The molecule has 0 N–H and O–H groups in total. The Morgan fingerprint density at radius 1 is 1.00 bits per heavy atom. The highest BCUT2D eigenvalue weighted by Gasteiger charge is 2.17. The van der Waals surface area contributed by atoms with E-state index in [0.717, 1.165) is 24.2 Å². The standard InChI is InChI=1S/C20H18Cl2N2O2/c21-16-6-3-7-17(22)19(16)20-23-18(26-24-20)12-13-8-10-15(11-9-13)25-14-4-1-2-5-14/h3,6-11,14H,1-2,4-5,12H2. The number of rotatable bonds is 5. The molecular formula is C20H18Cl2N2O2. The predicted octanol–water partition coefficient (Wildman–Crippen LogP) is 5.96. The molecule has 134 valence electrons. The van der Waals surface area contributed by atoms with Gasteiger partial charge in [0.2, 0.25) is 11.7 Å². The van der Waals surface area contributed by atoms with Gasteiger partial charge in [0.25, 0.3) is 0 Å². The molecule has 1 aliphatic carbocycles. The van der Waals surface area contributed by atoms with Gasteiger partial charge in [-0.2, -0.15) is 4.98 Å². The van der Waals surface area contributed by atoms with Crippen molar-refractivity contribution in [2.75, 3.05) is 0 Å². The van der Waals surface area contributed by atoms with Crippen molar-refractivity contribution in [1.29, 1.82) is 0 Å². The van der Waals surface area contributed by atoms with E-state index in [0.29, 0.717) is 39.8 Å². The summed E-state index contributed by atoms with van der Waals surface area (Å²) in [5.41, 5.74) is 1.66. The fourth-order valence-corrected chi connectivity index (χ4v) is 3.77. The average Bonchev–Trinajstić information content (AvgIpc) is 3.29. The summed E-state index contributed by atoms with van der Waals surface area (Å²) in [4.78, 5) is 4.43. The monoisotopic (exact) mass is 388 g/mol. The third-order valence-electron chi connectivity index (χ3n) is 4.54. The largest absolute Gasteiger partial charge is 0.490 e. The lowest BCUT2D eigenvalue weighted by Gasteiger charge is -2.13. The van der Waals surface area contributed by atoms with Gasteiger partial charge in [0.15, 0.2) is 0 Å². The van der Waals surface area contributed by atoms with E-state index < -0.39 is 0 Å². The first kappa shape index (κ1) is 17.4. The molecule has 1 aliphatic rings. The maximum absolute atomic E-state index is 6.20. The Hall–Kier alpha value is -2.04. The number of ether oxygens (including phenoxy) is 1. The van der Waals surface area contributed by atoms with Crippen LogP contribution >= 0.6 is 23.2 Å². The number of benzene rings is 2. The molecule has 0 unspecified atom stereocenters. The quantitative estimate of drug-likeness (QED) is 0.541. The first-order chi connectivity index (χ1) is 12.7. The highest BCUT2D eigenvalue weighted by Crippen LogP contribution is 2.32. The molecule has 1 aromatic heterocycles. The molecular weight excluding hydrogens is 371 g/mol. The summed E-state index contributed by atoms with van der Waals surface area (Å²) in [6, 6.07) is 13.3. The van der Waals surface area contributed by atoms with Crippen molar-refractivity contribution in [3.63, 3.8) is 0 Å². The second-order valence-electron chi connectivity index (χ2n) is 6.45. The zero-order valence-corrected chi connectivity index (χ0v) is 15.6. The van der Waals surface area contributed by atoms with Gasteiger partial charge in [-0.15, -0.1) is 0 Å². The van der Waals surface area contributed by atoms with E-state index in [-0.39, 0.29) is 0 Å². The maximum atomic E-state index is 6.20. The van der Waals surface area contributed by atoms with Gasteiger partial charge in [-0.1, -0.05) is 46.6 Å². The van der Waals surface area contributed by atoms with E-state index in [1.807, 2.05) is 24.3 Å². The summed E-state index contributed by atoms with van der Waals surface area (Å²) < 4.78 is 11.3. The summed E-state index contributed by atoms with van der Waals surface area (Å²) >= 11 is 12.4. The van der Waals surface area contributed by atoms with Crippen molar-refractivity contribution in [2.24, 2.45) is 0 Å². The van der Waals surface area contributed by atoms with Crippen LogP contribution in [0.3, 0.4) is 0 Å². The Morgan fingerprint density at radius 2 is 1.69 bits per heavy atom. The Bertz CT molecular complexity index is 867. The molecule has 2 aromatic carbocycles. The van der Waals surface area contributed by atoms with Crippen LogP contribution in [0.1, 0.15) is 37.1 Å². The van der Waals surface area contributed by atoms with Crippen LogP contribution in [0.5, 0.6) is 5.75 Å². The third-order valence-corrected chi connectivity index (χ3v) is 5.17. The second-order valence-corrected chi connectivity index (χ2v) is 7.27. The number of nitrogens with zero attached hydrogens (tertiary/aromatic N) is 2. The third kappa shape index (κ3) is 3.87. The normalized spacial score (nSPS) is 14.7. The Labute approximate surface area is 162 Å². The van der Waals surface area contributed by atoms with Crippen LogP contribution < -0.4 is 4.74 Å². The lowest BCUT2D eigenvalue weighted by molar-refractivity contribution is 0.210. The van der Waals surface area contributed by atoms with Crippen molar-refractivity contribution in [1.82, 2.24) is 10.1 Å². The first-order valence-corrected chi connectivity index (χ1v) is 9.47. The lowest BCUT2D eigenvalue weighted by Crippen LogP contribution is -2.10. The van der Waals surface area contributed by atoms with Crippen molar-refractivity contribution >= 4 is 23.2 Å². The molecule has 0 bridgehead atoms. The highest BCUT2D eigenvalue weighted by molar-refractivity contribution is 6.38. The van der Waals surface area contributed by atoms with E-state index in [4.69, 9.17) is 32.5 Å². The molecule has 1 heterocycles. The minimum Gasteiger partial charge on any atom is -0.490 e. The van der Waals surface area contributed by atoms with Crippen LogP contribution in [-0.4, -0.2) is 16.2 Å². The number of hydrogen-bond acceptors (Lipinski definition) is 4. The summed E-state index contributed by atoms with van der Waals surface area (Å²) in [6.07, 6.45) is 5.72. The molecule has 6 heteroatoms. The number of aromatic nitrogens is 2. The Kier molecular flexibility index (Phi) is 5.14. The molecule has 26 heavy (non-hydrogen) atoms. The topological polar surface area (TPSA) is 48.2 Å². The van der Waals surface area contributed by atoms with E-state index >= 15 is 0 Å². The molecule has 1 fully saturated rings. The SMILES string of the molecule is Clc1cccc(Cl)c1-c1noc(Cc2ccc(OC3CCCC3)cc2)n1.